The zero-order chi connectivity index (χ0) is 25.1. The lowest BCUT2D eigenvalue weighted by atomic mass is 9.99. The fourth-order valence-corrected chi connectivity index (χ4v) is 5.77. The highest BCUT2D eigenvalue weighted by Gasteiger charge is 2.29. The van der Waals surface area contributed by atoms with Gasteiger partial charge < -0.3 is 4.52 Å². The SMILES string of the molecule is CCC(=O)NS(=O)(=O)c1ccccc1-c1noc(C)c1-c1ccccc1S(=O)(=O)NC(=O)CC. The molecule has 0 fully saturated rings. The van der Waals surface area contributed by atoms with Crippen LogP contribution in [0.1, 0.15) is 32.4 Å². The lowest BCUT2D eigenvalue weighted by Gasteiger charge is -2.13. The second-order valence-corrected chi connectivity index (χ2v) is 10.5. The van der Waals surface area contributed by atoms with Gasteiger partial charge in [0.1, 0.15) is 11.5 Å². The number of rotatable bonds is 8. The molecule has 12 heteroatoms. The van der Waals surface area contributed by atoms with E-state index in [1.807, 2.05) is 9.44 Å². The van der Waals surface area contributed by atoms with Crippen LogP contribution >= 0.6 is 0 Å². The molecule has 1 heterocycles. The van der Waals surface area contributed by atoms with Crippen LogP contribution in [0.4, 0.5) is 0 Å². The third-order valence-electron chi connectivity index (χ3n) is 4.88. The fourth-order valence-electron chi connectivity index (χ4n) is 3.23. The van der Waals surface area contributed by atoms with E-state index in [-0.39, 0.29) is 50.8 Å². The van der Waals surface area contributed by atoms with E-state index in [0.29, 0.717) is 0 Å². The predicted octanol–water partition coefficient (Wildman–Crippen LogP) is 2.75. The Morgan fingerprint density at radius 2 is 1.24 bits per heavy atom. The number of benzene rings is 2. The maximum atomic E-state index is 12.9. The second kappa shape index (κ2) is 9.77. The first-order chi connectivity index (χ1) is 16.0. The van der Waals surface area contributed by atoms with Gasteiger partial charge >= 0.3 is 0 Å². The van der Waals surface area contributed by atoms with Crippen LogP contribution < -0.4 is 9.44 Å². The number of aromatic nitrogens is 1. The van der Waals surface area contributed by atoms with E-state index in [4.69, 9.17) is 4.52 Å². The molecule has 0 bridgehead atoms. The van der Waals surface area contributed by atoms with Gasteiger partial charge in [0.2, 0.25) is 11.8 Å². The van der Waals surface area contributed by atoms with Gasteiger partial charge in [0.25, 0.3) is 20.0 Å². The fraction of sp³-hybridized carbons (Fsp3) is 0.227. The molecule has 10 nitrogen and oxygen atoms in total. The van der Waals surface area contributed by atoms with Crippen molar-refractivity contribution in [3.05, 3.63) is 54.3 Å². The van der Waals surface area contributed by atoms with Crippen LogP contribution in [-0.4, -0.2) is 33.8 Å². The van der Waals surface area contributed by atoms with Gasteiger partial charge in [-0.25, -0.2) is 26.3 Å². The molecule has 1 aromatic heterocycles. The van der Waals surface area contributed by atoms with Gasteiger partial charge in [-0.3, -0.25) is 9.59 Å². The molecular weight excluding hydrogens is 482 g/mol. The van der Waals surface area contributed by atoms with Crippen LogP contribution in [-0.2, 0) is 29.6 Å². The molecule has 0 radical (unpaired) electrons. The van der Waals surface area contributed by atoms with E-state index in [0.717, 1.165) is 0 Å². The van der Waals surface area contributed by atoms with E-state index < -0.39 is 31.9 Å². The zero-order valence-electron chi connectivity index (χ0n) is 18.7. The Bertz CT molecular complexity index is 1460. The second-order valence-electron chi connectivity index (χ2n) is 7.22. The monoisotopic (exact) mass is 505 g/mol. The van der Waals surface area contributed by atoms with Gasteiger partial charge in [-0.05, 0) is 19.1 Å². The summed E-state index contributed by atoms with van der Waals surface area (Å²) in [5.74, 6) is -1.14. The van der Waals surface area contributed by atoms with Crippen molar-refractivity contribution in [2.75, 3.05) is 0 Å². The molecule has 2 amide bonds. The zero-order valence-corrected chi connectivity index (χ0v) is 20.3. The third-order valence-corrected chi connectivity index (χ3v) is 7.74. The van der Waals surface area contributed by atoms with Gasteiger partial charge in [-0.15, -0.1) is 0 Å². The van der Waals surface area contributed by atoms with Crippen molar-refractivity contribution in [2.45, 2.75) is 43.4 Å². The first kappa shape index (κ1) is 25.1. The molecule has 3 rings (SSSR count). The van der Waals surface area contributed by atoms with Crippen LogP contribution in [0, 0.1) is 6.92 Å². The Balaban J connectivity index is 2.24. The summed E-state index contributed by atoms with van der Waals surface area (Å²) in [5, 5.41) is 4.00. The van der Waals surface area contributed by atoms with Crippen molar-refractivity contribution in [1.29, 1.82) is 0 Å². The molecule has 0 aliphatic heterocycles. The molecule has 3 aromatic rings. The summed E-state index contributed by atoms with van der Waals surface area (Å²) in [5.41, 5.74) is 0.564. The molecule has 0 saturated heterocycles. The minimum Gasteiger partial charge on any atom is -0.360 e. The number of amides is 2. The standard InChI is InChI=1S/C22H23N3O7S2/c1-4-19(26)24-33(28,29)17-12-8-6-10-15(17)21-14(3)32-23-22(21)16-11-7-9-13-18(16)34(30,31)25-20(27)5-2/h6-13H,4-5H2,1-3H3,(H,24,26)(H,25,27). The van der Waals surface area contributed by atoms with Crippen LogP contribution in [0.5, 0.6) is 0 Å². The highest BCUT2D eigenvalue weighted by molar-refractivity contribution is 7.90. The van der Waals surface area contributed by atoms with Crippen molar-refractivity contribution in [3.8, 4) is 22.4 Å². The summed E-state index contributed by atoms with van der Waals surface area (Å²) >= 11 is 0. The van der Waals surface area contributed by atoms with Crippen molar-refractivity contribution in [1.82, 2.24) is 14.6 Å². The number of nitrogens with one attached hydrogen (secondary N) is 2. The predicted molar refractivity (Wildman–Crippen MR) is 123 cm³/mol. The molecule has 0 spiro atoms. The van der Waals surface area contributed by atoms with Gasteiger partial charge in [-0.1, -0.05) is 55.4 Å². The molecule has 0 saturated carbocycles. The molecule has 0 unspecified atom stereocenters. The summed E-state index contributed by atoms with van der Waals surface area (Å²) in [7, 11) is -8.50. The Hall–Kier alpha value is -3.51. The van der Waals surface area contributed by atoms with Gasteiger partial charge in [0, 0.05) is 24.0 Å². The molecular formula is C22H23N3O7S2. The number of hydrogen-bond donors (Lipinski definition) is 2. The van der Waals surface area contributed by atoms with E-state index in [9.17, 15) is 26.4 Å². The number of sulfonamides is 2. The topological polar surface area (TPSA) is 153 Å². The maximum Gasteiger partial charge on any atom is 0.264 e. The van der Waals surface area contributed by atoms with E-state index >= 15 is 0 Å². The average molecular weight is 506 g/mol. The molecule has 2 aromatic carbocycles. The largest absolute Gasteiger partial charge is 0.360 e. The van der Waals surface area contributed by atoms with Gasteiger partial charge in [0.05, 0.1) is 15.4 Å². The van der Waals surface area contributed by atoms with E-state index in [1.165, 1.54) is 50.2 Å². The highest BCUT2D eigenvalue weighted by Crippen LogP contribution is 2.39. The summed E-state index contributed by atoms with van der Waals surface area (Å²) < 4.78 is 61.0. The third kappa shape index (κ3) is 5.02. The normalized spacial score (nSPS) is 11.7. The highest BCUT2D eigenvalue weighted by atomic mass is 32.2. The van der Waals surface area contributed by atoms with Crippen molar-refractivity contribution in [3.63, 3.8) is 0 Å². The minimum atomic E-state index is -4.25. The van der Waals surface area contributed by atoms with Crippen molar-refractivity contribution >= 4 is 31.9 Å². The van der Waals surface area contributed by atoms with E-state index in [2.05, 4.69) is 5.16 Å². The Kier molecular flexibility index (Phi) is 7.22. The van der Waals surface area contributed by atoms with Crippen LogP contribution in [0.2, 0.25) is 0 Å². The smallest absolute Gasteiger partial charge is 0.264 e. The molecule has 34 heavy (non-hydrogen) atoms. The summed E-state index contributed by atoms with van der Waals surface area (Å²) in [4.78, 5) is 23.1. The van der Waals surface area contributed by atoms with Crippen LogP contribution in [0.15, 0.2) is 62.8 Å². The molecule has 0 aliphatic rings. The average Bonchev–Trinajstić information content (AvgIpc) is 3.19. The first-order valence-electron chi connectivity index (χ1n) is 10.3. The number of nitrogens with zero attached hydrogens (tertiary/aromatic N) is 1. The Morgan fingerprint density at radius 1 is 0.794 bits per heavy atom. The molecule has 0 aliphatic carbocycles. The number of hydrogen-bond acceptors (Lipinski definition) is 8. The number of carbonyl (C=O) groups is 2. The lowest BCUT2D eigenvalue weighted by molar-refractivity contribution is -0.119. The summed E-state index contributed by atoms with van der Waals surface area (Å²) in [6, 6.07) is 11.8. The van der Waals surface area contributed by atoms with E-state index in [1.54, 1.807) is 19.1 Å². The van der Waals surface area contributed by atoms with Crippen molar-refractivity contribution in [2.24, 2.45) is 0 Å². The van der Waals surface area contributed by atoms with Crippen LogP contribution in [0.3, 0.4) is 0 Å². The Labute approximate surface area is 197 Å². The minimum absolute atomic E-state index is 0.0341. The maximum absolute atomic E-state index is 12.9. The molecule has 180 valence electrons. The van der Waals surface area contributed by atoms with Gasteiger partial charge in [0.15, 0.2) is 0 Å². The summed E-state index contributed by atoms with van der Waals surface area (Å²) in [6.45, 7) is 4.59. The molecule has 0 atom stereocenters. The van der Waals surface area contributed by atoms with Crippen LogP contribution in [0.25, 0.3) is 22.4 Å². The summed E-state index contributed by atoms with van der Waals surface area (Å²) in [6.07, 6.45) is -0.0713. The number of aryl methyl sites for hydroxylation is 1. The number of carbonyl (C=O) groups excluding carboxylic acids is 2. The first-order valence-corrected chi connectivity index (χ1v) is 13.2. The van der Waals surface area contributed by atoms with Gasteiger partial charge in [-0.2, -0.15) is 0 Å². The molecule has 2 N–H and O–H groups in total. The lowest BCUT2D eigenvalue weighted by Crippen LogP contribution is -2.30. The van der Waals surface area contributed by atoms with Crippen molar-refractivity contribution < 1.29 is 30.9 Å². The quantitative estimate of drug-likeness (QED) is 0.474. The Morgan fingerprint density at radius 3 is 1.74 bits per heavy atom.